The van der Waals surface area contributed by atoms with E-state index in [0.717, 1.165) is 19.9 Å². The second-order valence-electron chi connectivity index (χ2n) is 7.21. The summed E-state index contributed by atoms with van der Waals surface area (Å²) in [6.07, 6.45) is 5.81. The average molecular weight is 449 g/mol. The maximum Gasteiger partial charge on any atom is 0.342 e. The number of allylic oxidation sites excluding steroid dienone is 3. The molecule has 2 aliphatic rings. The van der Waals surface area contributed by atoms with Gasteiger partial charge in [0, 0.05) is 38.3 Å². The molecular weight excluding hydrogens is 428 g/mol. The van der Waals surface area contributed by atoms with Gasteiger partial charge in [-0.3, -0.25) is 14.4 Å². The molecule has 164 valence electrons. The van der Waals surface area contributed by atoms with E-state index in [4.69, 9.17) is 30.5 Å². The Morgan fingerprint density at radius 2 is 1.77 bits per heavy atom. The number of carbonyl (C=O) groups is 4. The number of epoxide rings is 1. The Kier molecular flexibility index (Phi) is 6.92. The van der Waals surface area contributed by atoms with Crippen LogP contribution in [0.3, 0.4) is 0 Å². The van der Waals surface area contributed by atoms with Crippen LogP contribution in [-0.4, -0.2) is 42.0 Å². The van der Waals surface area contributed by atoms with Crippen LogP contribution in [0.2, 0.25) is 5.02 Å². The molecule has 0 bridgehead atoms. The van der Waals surface area contributed by atoms with Crippen LogP contribution in [0.4, 0.5) is 0 Å². The molecule has 3 rings (SSSR count). The minimum absolute atomic E-state index is 0.0325. The van der Waals surface area contributed by atoms with E-state index in [1.165, 1.54) is 6.08 Å². The molecule has 8 nitrogen and oxygen atoms in total. The summed E-state index contributed by atoms with van der Waals surface area (Å²) in [4.78, 5) is 48.7. The average Bonchev–Trinajstić information content (AvgIpc) is 3.38. The Morgan fingerprint density at radius 1 is 1.10 bits per heavy atom. The lowest BCUT2D eigenvalue weighted by Gasteiger charge is -2.19. The number of ketones is 1. The van der Waals surface area contributed by atoms with Crippen LogP contribution in [0, 0.1) is 0 Å². The van der Waals surface area contributed by atoms with Gasteiger partial charge >= 0.3 is 17.9 Å². The fraction of sp³-hybridized carbons (Fsp3) is 0.364. The molecule has 2 aliphatic heterocycles. The molecule has 1 fully saturated rings. The second kappa shape index (κ2) is 9.45. The summed E-state index contributed by atoms with van der Waals surface area (Å²) < 4.78 is 21.3. The predicted molar refractivity (Wildman–Crippen MR) is 109 cm³/mol. The molecule has 1 saturated heterocycles. The molecular formula is C22H21ClO8. The van der Waals surface area contributed by atoms with Gasteiger partial charge in [0.15, 0.2) is 11.5 Å². The number of rotatable bonds is 2. The Balaban J connectivity index is 2.13. The van der Waals surface area contributed by atoms with Crippen LogP contribution < -0.4 is 9.47 Å². The van der Waals surface area contributed by atoms with Crippen molar-refractivity contribution in [2.75, 3.05) is 0 Å². The number of carbonyl (C=O) groups excluding carboxylic acids is 4. The van der Waals surface area contributed by atoms with Crippen LogP contribution in [0.5, 0.6) is 11.5 Å². The lowest BCUT2D eigenvalue weighted by atomic mass is 9.99. The van der Waals surface area contributed by atoms with E-state index in [-0.39, 0.29) is 52.1 Å². The Morgan fingerprint density at radius 3 is 2.45 bits per heavy atom. The van der Waals surface area contributed by atoms with Crippen LogP contribution in [0.15, 0.2) is 30.4 Å². The molecule has 1 aromatic carbocycles. The van der Waals surface area contributed by atoms with Gasteiger partial charge in [0.1, 0.15) is 23.5 Å². The fourth-order valence-electron chi connectivity index (χ4n) is 3.22. The zero-order valence-electron chi connectivity index (χ0n) is 17.2. The zero-order chi connectivity index (χ0) is 22.7. The summed E-state index contributed by atoms with van der Waals surface area (Å²) in [6, 6.07) is 1.15. The first-order valence-corrected chi connectivity index (χ1v) is 9.99. The van der Waals surface area contributed by atoms with E-state index in [1.807, 2.05) is 6.08 Å². The van der Waals surface area contributed by atoms with Gasteiger partial charge in [-0.2, -0.15) is 0 Å². The topological polar surface area (TPSA) is 108 Å². The fourth-order valence-corrected chi connectivity index (χ4v) is 3.47. The molecule has 31 heavy (non-hydrogen) atoms. The molecule has 9 heteroatoms. The minimum Gasteiger partial charge on any atom is -0.459 e. The van der Waals surface area contributed by atoms with E-state index < -0.39 is 24.0 Å². The van der Waals surface area contributed by atoms with Gasteiger partial charge in [-0.25, -0.2) is 4.79 Å². The van der Waals surface area contributed by atoms with Crippen LogP contribution in [0.25, 0.3) is 0 Å². The van der Waals surface area contributed by atoms with Crippen molar-refractivity contribution >= 4 is 35.3 Å². The summed E-state index contributed by atoms with van der Waals surface area (Å²) in [5, 5.41) is -0.124. The van der Waals surface area contributed by atoms with Crippen LogP contribution in [-0.2, 0) is 30.3 Å². The summed E-state index contributed by atoms with van der Waals surface area (Å²) in [5.41, 5.74) is -0.143. The molecule has 0 aliphatic carbocycles. The number of benzene rings is 1. The Bertz CT molecular complexity index is 994. The van der Waals surface area contributed by atoms with Gasteiger partial charge in [0.25, 0.3) is 0 Å². The molecule has 0 saturated carbocycles. The maximum absolute atomic E-state index is 13.0. The van der Waals surface area contributed by atoms with Crippen molar-refractivity contribution in [2.45, 2.75) is 51.9 Å². The van der Waals surface area contributed by atoms with Crippen molar-refractivity contribution in [3.8, 4) is 11.5 Å². The summed E-state index contributed by atoms with van der Waals surface area (Å²) in [6.45, 7) is 4.02. The zero-order valence-corrected chi connectivity index (χ0v) is 17.9. The smallest absolute Gasteiger partial charge is 0.342 e. The third-order valence-corrected chi connectivity index (χ3v) is 4.96. The molecule has 0 aromatic heterocycles. The van der Waals surface area contributed by atoms with Gasteiger partial charge in [-0.15, -0.1) is 0 Å². The van der Waals surface area contributed by atoms with Gasteiger partial charge in [0.05, 0.1) is 11.1 Å². The molecule has 1 aromatic rings. The third-order valence-electron chi connectivity index (χ3n) is 4.54. The number of halogens is 1. The molecule has 3 unspecified atom stereocenters. The lowest BCUT2D eigenvalue weighted by Crippen LogP contribution is -2.21. The Labute approximate surface area is 183 Å². The highest BCUT2D eigenvalue weighted by atomic mass is 35.5. The largest absolute Gasteiger partial charge is 0.459 e. The van der Waals surface area contributed by atoms with E-state index in [1.54, 1.807) is 19.1 Å². The number of fused-ring (bicyclic) bond motifs is 2. The van der Waals surface area contributed by atoms with Crippen LogP contribution >= 0.6 is 11.6 Å². The van der Waals surface area contributed by atoms with Gasteiger partial charge in [-0.05, 0) is 13.0 Å². The van der Waals surface area contributed by atoms with E-state index in [0.29, 0.717) is 6.42 Å². The number of hydrogen-bond donors (Lipinski definition) is 0. The Hall–Kier alpha value is -2.97. The van der Waals surface area contributed by atoms with Crippen LogP contribution in [0.1, 0.15) is 43.1 Å². The summed E-state index contributed by atoms with van der Waals surface area (Å²) in [7, 11) is 0. The first kappa shape index (κ1) is 22.7. The first-order chi connectivity index (χ1) is 14.7. The summed E-state index contributed by atoms with van der Waals surface area (Å²) in [5.74, 6) is -2.96. The second-order valence-corrected chi connectivity index (χ2v) is 7.58. The van der Waals surface area contributed by atoms with Gasteiger partial charge < -0.3 is 18.9 Å². The van der Waals surface area contributed by atoms with Crippen molar-refractivity contribution in [3.05, 3.63) is 46.5 Å². The highest BCUT2D eigenvalue weighted by Gasteiger charge is 2.38. The van der Waals surface area contributed by atoms with E-state index in [2.05, 4.69) is 0 Å². The number of hydrogen-bond acceptors (Lipinski definition) is 8. The number of ether oxygens (including phenoxy) is 4. The quantitative estimate of drug-likeness (QED) is 0.385. The molecule has 0 radical (unpaired) electrons. The highest BCUT2D eigenvalue weighted by Crippen LogP contribution is 2.39. The summed E-state index contributed by atoms with van der Waals surface area (Å²) >= 11 is 6.39. The lowest BCUT2D eigenvalue weighted by molar-refractivity contribution is -0.132. The monoisotopic (exact) mass is 448 g/mol. The van der Waals surface area contributed by atoms with Crippen molar-refractivity contribution in [1.29, 1.82) is 0 Å². The maximum atomic E-state index is 13.0. The minimum atomic E-state index is -0.823. The third kappa shape index (κ3) is 5.80. The standard InChI is InChI=1S/C22H21ClO8/c1-11-8-17-16(31-17)7-5-4-6-14(26)9-15-20(22(27)28-11)18(29-12(2)24)10-19(21(15)23)30-13(3)25/h4-7,10-11,16-17H,8-9H2,1-3H3/b6-4-,7-5-. The highest BCUT2D eigenvalue weighted by molar-refractivity contribution is 6.34. The van der Waals surface area contributed by atoms with Crippen molar-refractivity contribution in [2.24, 2.45) is 0 Å². The molecule has 0 amide bonds. The predicted octanol–water partition coefficient (Wildman–Crippen LogP) is 3.13. The van der Waals surface area contributed by atoms with Crippen molar-refractivity contribution in [1.82, 2.24) is 0 Å². The molecule has 0 spiro atoms. The number of cyclic esters (lactones) is 1. The van der Waals surface area contributed by atoms with E-state index >= 15 is 0 Å². The first-order valence-electron chi connectivity index (χ1n) is 9.62. The molecule has 2 heterocycles. The SMILES string of the molecule is CC(=O)Oc1cc(OC(C)=O)c2c(c1Cl)CC(=O)/C=C\C=C/C1OC1CC(C)OC2=O. The van der Waals surface area contributed by atoms with Gasteiger partial charge in [-0.1, -0.05) is 29.8 Å². The van der Waals surface area contributed by atoms with Crippen molar-refractivity contribution < 1.29 is 38.1 Å². The van der Waals surface area contributed by atoms with E-state index in [9.17, 15) is 19.2 Å². The normalized spacial score (nSPS) is 25.2. The molecule has 0 N–H and O–H groups in total. The van der Waals surface area contributed by atoms with Gasteiger partial charge in [0.2, 0.25) is 0 Å². The molecule has 3 atom stereocenters. The number of esters is 3. The van der Waals surface area contributed by atoms with Crippen molar-refractivity contribution in [3.63, 3.8) is 0 Å².